The van der Waals surface area contributed by atoms with Gasteiger partial charge in [-0.25, -0.2) is 0 Å². The molecule has 0 amide bonds. The van der Waals surface area contributed by atoms with Gasteiger partial charge < -0.3 is 10.6 Å². The molecule has 0 aromatic heterocycles. The van der Waals surface area contributed by atoms with E-state index < -0.39 is 0 Å². The molecule has 0 aliphatic rings. The Hall–Kier alpha value is -0.510. The molecule has 0 aliphatic heterocycles. The number of hydrogen-bond donors (Lipinski definition) is 1. The number of nitrogens with zero attached hydrogens (tertiary/aromatic N) is 1. The minimum absolute atomic E-state index is 0.631. The Balaban J connectivity index is 2.60. The molecule has 0 heterocycles. The van der Waals surface area contributed by atoms with Gasteiger partial charge in [-0.1, -0.05) is 17.7 Å². The van der Waals surface area contributed by atoms with Crippen LogP contribution in [0.4, 0.5) is 0 Å². The van der Waals surface area contributed by atoms with Crippen LogP contribution in [0.5, 0.6) is 0 Å². The van der Waals surface area contributed by atoms with Gasteiger partial charge in [0.15, 0.2) is 0 Å². The molecule has 0 spiro atoms. The van der Waals surface area contributed by atoms with Crippen LogP contribution in [0.25, 0.3) is 0 Å². The van der Waals surface area contributed by atoms with Gasteiger partial charge in [-0.05, 0) is 32.6 Å². The lowest BCUT2D eigenvalue weighted by Crippen LogP contribution is -2.14. The van der Waals surface area contributed by atoms with Crippen molar-refractivity contribution in [1.29, 1.82) is 0 Å². The summed E-state index contributed by atoms with van der Waals surface area (Å²) in [5, 5.41) is 0. The molecule has 0 aliphatic carbocycles. The highest BCUT2D eigenvalue weighted by atomic mass is 32.2. The zero-order valence-electron chi connectivity index (χ0n) is 9.79. The highest BCUT2D eigenvalue weighted by molar-refractivity contribution is 7.99. The Bertz CT molecular complexity index is 310. The Morgan fingerprint density at radius 2 is 2.07 bits per heavy atom. The zero-order chi connectivity index (χ0) is 11.3. The van der Waals surface area contributed by atoms with Crippen LogP contribution in [-0.2, 0) is 6.54 Å². The molecule has 3 heteroatoms. The van der Waals surface area contributed by atoms with Gasteiger partial charge in [0.1, 0.15) is 0 Å². The maximum atomic E-state index is 5.73. The summed E-state index contributed by atoms with van der Waals surface area (Å²) in [5.41, 5.74) is 8.27. The fourth-order valence-electron chi connectivity index (χ4n) is 1.35. The van der Waals surface area contributed by atoms with Crippen LogP contribution in [0, 0.1) is 6.92 Å². The summed E-state index contributed by atoms with van der Waals surface area (Å²) in [6.45, 7) is 3.84. The second-order valence-corrected chi connectivity index (χ2v) is 5.10. The van der Waals surface area contributed by atoms with Crippen LogP contribution in [0.15, 0.2) is 23.1 Å². The second-order valence-electron chi connectivity index (χ2n) is 3.97. The predicted molar refractivity (Wildman–Crippen MR) is 68.3 cm³/mol. The van der Waals surface area contributed by atoms with Crippen LogP contribution in [0.2, 0.25) is 0 Å². The van der Waals surface area contributed by atoms with E-state index in [-0.39, 0.29) is 0 Å². The van der Waals surface area contributed by atoms with E-state index >= 15 is 0 Å². The quantitative estimate of drug-likeness (QED) is 0.777. The smallest absolute Gasteiger partial charge is 0.0189 e. The van der Waals surface area contributed by atoms with E-state index in [1.54, 1.807) is 0 Å². The molecular weight excluding hydrogens is 204 g/mol. The zero-order valence-corrected chi connectivity index (χ0v) is 10.6. The Kier molecular flexibility index (Phi) is 5.15. The highest BCUT2D eigenvalue weighted by Crippen LogP contribution is 2.23. The van der Waals surface area contributed by atoms with E-state index in [0.717, 1.165) is 12.3 Å². The van der Waals surface area contributed by atoms with E-state index in [4.69, 9.17) is 5.73 Å². The predicted octanol–water partition coefficient (Wildman–Crippen LogP) is 2.11. The van der Waals surface area contributed by atoms with Crippen molar-refractivity contribution in [3.63, 3.8) is 0 Å². The molecule has 0 unspecified atom stereocenters. The van der Waals surface area contributed by atoms with Gasteiger partial charge in [0, 0.05) is 23.7 Å². The molecule has 1 aromatic rings. The molecule has 0 bridgehead atoms. The molecular formula is C12H20N2S. The third kappa shape index (κ3) is 4.24. The maximum absolute atomic E-state index is 5.73. The van der Waals surface area contributed by atoms with Crippen molar-refractivity contribution in [2.75, 3.05) is 26.4 Å². The van der Waals surface area contributed by atoms with Gasteiger partial charge in [-0.15, -0.1) is 11.8 Å². The Morgan fingerprint density at radius 1 is 1.33 bits per heavy atom. The van der Waals surface area contributed by atoms with Crippen molar-refractivity contribution < 1.29 is 0 Å². The van der Waals surface area contributed by atoms with Crippen molar-refractivity contribution >= 4 is 11.8 Å². The first kappa shape index (κ1) is 12.6. The van der Waals surface area contributed by atoms with Crippen molar-refractivity contribution in [3.05, 3.63) is 29.3 Å². The van der Waals surface area contributed by atoms with Gasteiger partial charge in [-0.3, -0.25) is 0 Å². The summed E-state index contributed by atoms with van der Waals surface area (Å²) in [6, 6.07) is 6.51. The standard InChI is InChI=1S/C12H20N2S/c1-10-4-5-12(11(8-10)9-13)15-7-6-14(2)3/h4-5,8H,6-7,9,13H2,1-3H3. The number of nitrogens with two attached hydrogens (primary N) is 1. The molecule has 1 rings (SSSR count). The van der Waals surface area contributed by atoms with Crippen molar-refractivity contribution in [3.8, 4) is 0 Å². The second kappa shape index (κ2) is 6.16. The van der Waals surface area contributed by atoms with Gasteiger partial charge in [0.2, 0.25) is 0 Å². The van der Waals surface area contributed by atoms with E-state index in [9.17, 15) is 0 Å². The van der Waals surface area contributed by atoms with Gasteiger partial charge in [0.25, 0.3) is 0 Å². The molecule has 0 atom stereocenters. The maximum Gasteiger partial charge on any atom is 0.0189 e. The van der Waals surface area contributed by atoms with Crippen LogP contribution in [0.3, 0.4) is 0 Å². The molecule has 0 radical (unpaired) electrons. The summed E-state index contributed by atoms with van der Waals surface area (Å²) < 4.78 is 0. The average Bonchev–Trinajstić information content (AvgIpc) is 2.19. The SMILES string of the molecule is Cc1ccc(SCCN(C)C)c(CN)c1. The van der Waals surface area contributed by atoms with Crippen molar-refractivity contribution in [2.24, 2.45) is 5.73 Å². The first-order valence-electron chi connectivity index (χ1n) is 5.20. The van der Waals surface area contributed by atoms with E-state index in [1.807, 2.05) is 11.8 Å². The monoisotopic (exact) mass is 224 g/mol. The molecule has 0 saturated carbocycles. The minimum atomic E-state index is 0.631. The van der Waals surface area contributed by atoms with E-state index in [1.165, 1.54) is 16.0 Å². The number of aryl methyl sites for hydroxylation is 1. The summed E-state index contributed by atoms with van der Waals surface area (Å²) in [4.78, 5) is 3.52. The van der Waals surface area contributed by atoms with Gasteiger partial charge >= 0.3 is 0 Å². The average molecular weight is 224 g/mol. The van der Waals surface area contributed by atoms with Gasteiger partial charge in [-0.2, -0.15) is 0 Å². The van der Waals surface area contributed by atoms with Crippen molar-refractivity contribution in [1.82, 2.24) is 4.90 Å². The topological polar surface area (TPSA) is 29.3 Å². The molecule has 2 nitrogen and oxygen atoms in total. The third-order valence-electron chi connectivity index (χ3n) is 2.23. The number of hydrogen-bond acceptors (Lipinski definition) is 3. The van der Waals surface area contributed by atoms with Crippen LogP contribution in [0.1, 0.15) is 11.1 Å². The summed E-state index contributed by atoms with van der Waals surface area (Å²) >= 11 is 1.89. The molecule has 2 N–H and O–H groups in total. The molecule has 1 aromatic carbocycles. The molecule has 15 heavy (non-hydrogen) atoms. The summed E-state index contributed by atoms with van der Waals surface area (Å²) in [6.07, 6.45) is 0. The molecule has 0 fully saturated rings. The fraction of sp³-hybridized carbons (Fsp3) is 0.500. The number of thioether (sulfide) groups is 1. The normalized spacial score (nSPS) is 11.0. The Labute approximate surface area is 96.8 Å². The molecule has 0 saturated heterocycles. The van der Waals surface area contributed by atoms with Crippen LogP contribution < -0.4 is 5.73 Å². The molecule has 84 valence electrons. The fourth-order valence-corrected chi connectivity index (χ4v) is 2.52. The summed E-state index contributed by atoms with van der Waals surface area (Å²) in [7, 11) is 4.19. The lowest BCUT2D eigenvalue weighted by Gasteiger charge is -2.11. The first-order valence-corrected chi connectivity index (χ1v) is 6.19. The summed E-state index contributed by atoms with van der Waals surface area (Å²) in [5.74, 6) is 1.11. The number of rotatable bonds is 5. The van der Waals surface area contributed by atoms with E-state index in [2.05, 4.69) is 44.1 Å². The third-order valence-corrected chi connectivity index (χ3v) is 3.33. The lowest BCUT2D eigenvalue weighted by atomic mass is 10.1. The highest BCUT2D eigenvalue weighted by Gasteiger charge is 2.02. The number of benzene rings is 1. The van der Waals surface area contributed by atoms with Gasteiger partial charge in [0.05, 0.1) is 0 Å². The van der Waals surface area contributed by atoms with E-state index in [0.29, 0.717) is 6.54 Å². The Morgan fingerprint density at radius 3 is 2.67 bits per heavy atom. The minimum Gasteiger partial charge on any atom is -0.326 e. The van der Waals surface area contributed by atoms with Crippen LogP contribution in [-0.4, -0.2) is 31.3 Å². The largest absolute Gasteiger partial charge is 0.326 e. The first-order chi connectivity index (χ1) is 7.13. The lowest BCUT2D eigenvalue weighted by molar-refractivity contribution is 0.437. The van der Waals surface area contributed by atoms with Crippen LogP contribution >= 0.6 is 11.8 Å². The van der Waals surface area contributed by atoms with Crippen molar-refractivity contribution in [2.45, 2.75) is 18.4 Å².